The summed E-state index contributed by atoms with van der Waals surface area (Å²) in [4.78, 5) is 30.9. The molecule has 0 aliphatic rings. The summed E-state index contributed by atoms with van der Waals surface area (Å²) in [6, 6.07) is 5.74. The van der Waals surface area contributed by atoms with Gasteiger partial charge in [-0.3, -0.25) is 14.0 Å². The molecule has 1 aromatic carbocycles. The lowest BCUT2D eigenvalue weighted by atomic mass is 10.1. The third kappa shape index (κ3) is 2.66. The van der Waals surface area contributed by atoms with Gasteiger partial charge in [-0.25, -0.2) is 4.98 Å². The molecule has 2 aromatic heterocycles. The Balaban J connectivity index is 2.03. The number of amides is 1. The number of rotatable bonds is 2. The van der Waals surface area contributed by atoms with Crippen molar-refractivity contribution in [1.82, 2.24) is 9.38 Å². The lowest BCUT2D eigenvalue weighted by Crippen LogP contribution is -2.27. The first-order valence-electron chi connectivity index (χ1n) is 7.25. The van der Waals surface area contributed by atoms with Gasteiger partial charge in [-0.15, -0.1) is 11.3 Å². The predicted molar refractivity (Wildman–Crippen MR) is 92.7 cm³/mol. The fourth-order valence-electron chi connectivity index (χ4n) is 2.48. The first-order valence-corrected chi connectivity index (χ1v) is 8.06. The van der Waals surface area contributed by atoms with E-state index in [1.165, 1.54) is 21.9 Å². The van der Waals surface area contributed by atoms with Crippen molar-refractivity contribution in [1.29, 1.82) is 0 Å². The van der Waals surface area contributed by atoms with Gasteiger partial charge in [0.2, 0.25) is 0 Å². The molecule has 3 rings (SSSR count). The van der Waals surface area contributed by atoms with E-state index in [0.717, 1.165) is 21.7 Å². The van der Waals surface area contributed by atoms with Crippen molar-refractivity contribution in [3.05, 3.63) is 62.0 Å². The molecule has 0 saturated carbocycles. The van der Waals surface area contributed by atoms with E-state index in [1.807, 2.05) is 45.9 Å². The number of hydrogen-bond donors (Lipinski definition) is 1. The van der Waals surface area contributed by atoms with Crippen molar-refractivity contribution in [2.75, 3.05) is 5.32 Å². The largest absolute Gasteiger partial charge is 0.322 e. The SMILES string of the molecule is Cc1ccc(NC(=O)c2cnc3sc(C)c(C)n3c2=O)c(C)c1. The number of aryl methyl sites for hydroxylation is 4. The van der Waals surface area contributed by atoms with Crippen LogP contribution in [0.4, 0.5) is 5.69 Å². The Labute approximate surface area is 137 Å². The van der Waals surface area contributed by atoms with Crippen molar-refractivity contribution >= 4 is 27.9 Å². The van der Waals surface area contributed by atoms with Crippen LogP contribution < -0.4 is 10.9 Å². The van der Waals surface area contributed by atoms with Gasteiger partial charge in [0.25, 0.3) is 11.5 Å². The third-order valence-electron chi connectivity index (χ3n) is 3.89. The molecule has 0 radical (unpaired) electrons. The van der Waals surface area contributed by atoms with E-state index >= 15 is 0 Å². The molecule has 1 N–H and O–H groups in total. The number of carbonyl (C=O) groups excluding carboxylic acids is 1. The average molecular weight is 327 g/mol. The molecule has 5 nitrogen and oxygen atoms in total. The van der Waals surface area contributed by atoms with E-state index in [4.69, 9.17) is 0 Å². The summed E-state index contributed by atoms with van der Waals surface area (Å²) in [5.41, 5.74) is 3.30. The second kappa shape index (κ2) is 5.62. The minimum atomic E-state index is -0.438. The Morgan fingerprint density at radius 3 is 2.65 bits per heavy atom. The van der Waals surface area contributed by atoms with E-state index in [2.05, 4.69) is 10.3 Å². The highest BCUT2D eigenvalue weighted by molar-refractivity contribution is 7.17. The fraction of sp³-hybridized carbons (Fsp3) is 0.235. The summed E-state index contributed by atoms with van der Waals surface area (Å²) >= 11 is 1.44. The zero-order valence-electron chi connectivity index (χ0n) is 13.4. The number of hydrogen-bond acceptors (Lipinski definition) is 4. The molecule has 0 atom stereocenters. The normalized spacial score (nSPS) is 11.0. The van der Waals surface area contributed by atoms with Gasteiger partial charge in [0, 0.05) is 22.5 Å². The Morgan fingerprint density at radius 2 is 1.96 bits per heavy atom. The molecule has 6 heteroatoms. The van der Waals surface area contributed by atoms with Gasteiger partial charge in [0.1, 0.15) is 5.56 Å². The second-order valence-corrected chi connectivity index (χ2v) is 6.79. The molecular formula is C17H17N3O2S. The second-order valence-electron chi connectivity index (χ2n) is 5.61. The zero-order chi connectivity index (χ0) is 16.7. The number of anilines is 1. The molecule has 0 aliphatic carbocycles. The Bertz CT molecular complexity index is 985. The number of benzene rings is 1. The predicted octanol–water partition coefficient (Wildman–Crippen LogP) is 3.24. The van der Waals surface area contributed by atoms with Gasteiger partial charge in [0.15, 0.2) is 4.96 Å². The smallest absolute Gasteiger partial charge is 0.271 e. The minimum absolute atomic E-state index is 0.0448. The summed E-state index contributed by atoms with van der Waals surface area (Å²) in [5, 5.41) is 2.80. The molecule has 0 saturated heterocycles. The fourth-order valence-corrected chi connectivity index (χ4v) is 3.40. The van der Waals surface area contributed by atoms with Crippen LogP contribution in [-0.2, 0) is 0 Å². The summed E-state index contributed by atoms with van der Waals surface area (Å²) in [6.45, 7) is 7.70. The molecule has 0 fully saturated rings. The number of nitrogens with zero attached hydrogens (tertiary/aromatic N) is 2. The van der Waals surface area contributed by atoms with E-state index < -0.39 is 5.91 Å². The molecule has 3 aromatic rings. The lowest BCUT2D eigenvalue weighted by molar-refractivity contribution is 0.102. The van der Waals surface area contributed by atoms with Crippen molar-refractivity contribution in [3.8, 4) is 0 Å². The van der Waals surface area contributed by atoms with Gasteiger partial charge < -0.3 is 5.32 Å². The van der Waals surface area contributed by atoms with Crippen LogP contribution in [-0.4, -0.2) is 15.3 Å². The van der Waals surface area contributed by atoms with E-state index in [9.17, 15) is 9.59 Å². The number of nitrogens with one attached hydrogen (secondary N) is 1. The molecule has 1 amide bonds. The maximum atomic E-state index is 12.6. The van der Waals surface area contributed by atoms with Crippen molar-refractivity contribution in [3.63, 3.8) is 0 Å². The number of fused-ring (bicyclic) bond motifs is 1. The van der Waals surface area contributed by atoms with Crippen LogP contribution in [0.2, 0.25) is 0 Å². The van der Waals surface area contributed by atoms with Gasteiger partial charge in [-0.1, -0.05) is 17.7 Å². The summed E-state index contributed by atoms with van der Waals surface area (Å²) in [6.07, 6.45) is 1.35. The Morgan fingerprint density at radius 1 is 1.22 bits per heavy atom. The standard InChI is InChI=1S/C17H17N3O2S/c1-9-5-6-14(10(2)7-9)19-15(21)13-8-18-17-20(16(13)22)11(3)12(4)23-17/h5-8H,1-4H3,(H,19,21). The van der Waals surface area contributed by atoms with Crippen LogP contribution in [0.1, 0.15) is 32.1 Å². The van der Waals surface area contributed by atoms with E-state index in [1.54, 1.807) is 0 Å². The third-order valence-corrected chi connectivity index (χ3v) is 4.97. The van der Waals surface area contributed by atoms with Crippen molar-refractivity contribution in [2.45, 2.75) is 27.7 Å². The summed E-state index contributed by atoms with van der Waals surface area (Å²) in [7, 11) is 0. The lowest BCUT2D eigenvalue weighted by Gasteiger charge is -2.09. The first-order chi connectivity index (χ1) is 10.9. The quantitative estimate of drug-likeness (QED) is 0.786. The van der Waals surface area contributed by atoms with E-state index in [-0.39, 0.29) is 11.1 Å². The summed E-state index contributed by atoms with van der Waals surface area (Å²) in [5.74, 6) is -0.438. The highest BCUT2D eigenvalue weighted by Crippen LogP contribution is 2.19. The molecule has 0 bridgehead atoms. The van der Waals surface area contributed by atoms with Gasteiger partial charge in [0.05, 0.1) is 0 Å². The minimum Gasteiger partial charge on any atom is -0.322 e. The van der Waals surface area contributed by atoms with Crippen LogP contribution >= 0.6 is 11.3 Å². The highest BCUT2D eigenvalue weighted by atomic mass is 32.1. The molecule has 0 unspecified atom stereocenters. The maximum Gasteiger partial charge on any atom is 0.271 e. The van der Waals surface area contributed by atoms with Crippen LogP contribution in [0.25, 0.3) is 4.96 Å². The van der Waals surface area contributed by atoms with Crippen LogP contribution in [0.3, 0.4) is 0 Å². The first kappa shape index (κ1) is 15.4. The molecule has 23 heavy (non-hydrogen) atoms. The molecule has 0 spiro atoms. The summed E-state index contributed by atoms with van der Waals surface area (Å²) < 4.78 is 1.50. The van der Waals surface area contributed by atoms with Gasteiger partial charge >= 0.3 is 0 Å². The number of aromatic nitrogens is 2. The topological polar surface area (TPSA) is 63.5 Å². The van der Waals surface area contributed by atoms with Crippen molar-refractivity contribution in [2.24, 2.45) is 0 Å². The van der Waals surface area contributed by atoms with E-state index in [0.29, 0.717) is 10.6 Å². The zero-order valence-corrected chi connectivity index (χ0v) is 14.2. The number of thiazole rings is 1. The molecule has 118 valence electrons. The average Bonchev–Trinajstić information content (AvgIpc) is 2.78. The maximum absolute atomic E-state index is 12.6. The monoisotopic (exact) mass is 327 g/mol. The van der Waals surface area contributed by atoms with Crippen LogP contribution in [0, 0.1) is 27.7 Å². The van der Waals surface area contributed by atoms with Crippen LogP contribution in [0.15, 0.2) is 29.2 Å². The molecule has 2 heterocycles. The highest BCUT2D eigenvalue weighted by Gasteiger charge is 2.17. The molecular weight excluding hydrogens is 310 g/mol. The van der Waals surface area contributed by atoms with Gasteiger partial charge in [-0.2, -0.15) is 0 Å². The van der Waals surface area contributed by atoms with Crippen LogP contribution in [0.5, 0.6) is 0 Å². The Hall–Kier alpha value is -2.47. The number of carbonyl (C=O) groups is 1. The van der Waals surface area contributed by atoms with Gasteiger partial charge in [-0.05, 0) is 39.3 Å². The molecule has 0 aliphatic heterocycles. The Kier molecular flexibility index (Phi) is 3.77. The van der Waals surface area contributed by atoms with Crippen molar-refractivity contribution < 1.29 is 4.79 Å².